The number of hydrogen-bond donors (Lipinski definition) is 2. The number of aromatic amines is 1. The number of benzene rings is 1. The van der Waals surface area contributed by atoms with Crippen LogP contribution in [-0.2, 0) is 6.54 Å². The minimum atomic E-state index is -0.0923. The highest BCUT2D eigenvalue weighted by molar-refractivity contribution is 14.1. The zero-order chi connectivity index (χ0) is 15.5. The normalized spacial score (nSPS) is 21.9. The second-order valence-corrected chi connectivity index (χ2v) is 6.81. The van der Waals surface area contributed by atoms with Crippen LogP contribution in [0.15, 0.2) is 41.5 Å². The van der Waals surface area contributed by atoms with Crippen LogP contribution in [0.2, 0.25) is 0 Å². The molecule has 5 nitrogen and oxygen atoms in total. The Kier molecular flexibility index (Phi) is 4.77. The number of nitrogens with zero attached hydrogens (tertiary/aromatic N) is 2. The molecule has 2 unspecified atom stereocenters. The predicted octanol–water partition coefficient (Wildman–Crippen LogP) is 2.45. The fourth-order valence-corrected chi connectivity index (χ4v) is 3.37. The minimum Gasteiger partial charge on any atom is -0.365 e. The molecule has 1 aliphatic rings. The molecule has 0 bridgehead atoms. The Bertz CT molecular complexity index is 688. The maximum absolute atomic E-state index is 11.6. The zero-order valence-electron chi connectivity index (χ0n) is 12.4. The van der Waals surface area contributed by atoms with Gasteiger partial charge in [-0.05, 0) is 41.5 Å². The van der Waals surface area contributed by atoms with Gasteiger partial charge in [0.1, 0.15) is 9.39 Å². The fourth-order valence-electron chi connectivity index (χ4n) is 2.92. The molecule has 1 aromatic carbocycles. The van der Waals surface area contributed by atoms with E-state index in [1.807, 2.05) is 28.7 Å². The minimum absolute atomic E-state index is 0.0923. The lowest BCUT2D eigenvalue weighted by molar-refractivity contribution is 0.259. The van der Waals surface area contributed by atoms with Crippen LogP contribution in [0.1, 0.15) is 18.9 Å². The molecule has 0 spiro atoms. The van der Waals surface area contributed by atoms with Crippen LogP contribution in [0.5, 0.6) is 0 Å². The van der Waals surface area contributed by atoms with Crippen molar-refractivity contribution in [1.29, 1.82) is 0 Å². The monoisotopic (exact) mass is 410 g/mol. The van der Waals surface area contributed by atoms with Crippen LogP contribution in [0.4, 0.5) is 5.82 Å². The van der Waals surface area contributed by atoms with Gasteiger partial charge in [-0.1, -0.05) is 30.3 Å². The highest BCUT2D eigenvalue weighted by atomic mass is 127. The van der Waals surface area contributed by atoms with Crippen molar-refractivity contribution in [2.75, 3.05) is 11.9 Å². The van der Waals surface area contributed by atoms with Gasteiger partial charge in [0.05, 0.1) is 6.33 Å². The predicted molar refractivity (Wildman–Crippen MR) is 95.9 cm³/mol. The number of hydrogen-bond acceptors (Lipinski definition) is 4. The van der Waals surface area contributed by atoms with Crippen molar-refractivity contribution < 1.29 is 0 Å². The lowest BCUT2D eigenvalue weighted by Gasteiger charge is -2.21. The highest BCUT2D eigenvalue weighted by Crippen LogP contribution is 2.23. The topological polar surface area (TPSA) is 61.0 Å². The molecule has 116 valence electrons. The summed E-state index contributed by atoms with van der Waals surface area (Å²) < 4.78 is 0.620. The maximum Gasteiger partial charge on any atom is 0.266 e. The molecule has 22 heavy (non-hydrogen) atoms. The van der Waals surface area contributed by atoms with Gasteiger partial charge >= 0.3 is 0 Å². The van der Waals surface area contributed by atoms with Crippen LogP contribution < -0.4 is 10.9 Å². The molecule has 6 heteroatoms. The smallest absolute Gasteiger partial charge is 0.266 e. The molecule has 0 aliphatic carbocycles. The summed E-state index contributed by atoms with van der Waals surface area (Å²) in [5.41, 5.74) is 1.24. The van der Waals surface area contributed by atoms with Gasteiger partial charge in [-0.15, -0.1) is 0 Å². The number of likely N-dealkylation sites (tertiary alicyclic amines) is 1. The summed E-state index contributed by atoms with van der Waals surface area (Å²) in [6, 6.07) is 11.4. The summed E-state index contributed by atoms with van der Waals surface area (Å²) in [6.45, 7) is 4.17. The molecule has 2 aromatic rings. The Labute approximate surface area is 143 Å². The van der Waals surface area contributed by atoms with Crippen LogP contribution in [0, 0.1) is 3.57 Å². The van der Waals surface area contributed by atoms with E-state index in [9.17, 15) is 4.79 Å². The lowest BCUT2D eigenvalue weighted by atomic mass is 10.2. The average molecular weight is 410 g/mol. The van der Waals surface area contributed by atoms with E-state index in [0.717, 1.165) is 19.5 Å². The molecular weight excluding hydrogens is 391 g/mol. The Balaban J connectivity index is 1.66. The van der Waals surface area contributed by atoms with Gasteiger partial charge in [0.15, 0.2) is 0 Å². The number of aromatic nitrogens is 2. The van der Waals surface area contributed by atoms with Crippen molar-refractivity contribution in [1.82, 2.24) is 14.9 Å². The lowest BCUT2D eigenvalue weighted by Crippen LogP contribution is -2.29. The van der Waals surface area contributed by atoms with Crippen LogP contribution >= 0.6 is 22.6 Å². The van der Waals surface area contributed by atoms with Crippen LogP contribution in [0.3, 0.4) is 0 Å². The van der Waals surface area contributed by atoms with E-state index in [0.29, 0.717) is 21.5 Å². The van der Waals surface area contributed by atoms with Gasteiger partial charge in [-0.2, -0.15) is 0 Å². The summed E-state index contributed by atoms with van der Waals surface area (Å²) in [7, 11) is 0. The second-order valence-electron chi connectivity index (χ2n) is 5.74. The van der Waals surface area contributed by atoms with E-state index >= 15 is 0 Å². The first-order valence-electron chi connectivity index (χ1n) is 7.41. The summed E-state index contributed by atoms with van der Waals surface area (Å²) in [6.07, 6.45) is 2.50. The summed E-state index contributed by atoms with van der Waals surface area (Å²) in [5, 5.41) is 3.42. The molecule has 1 aliphatic heterocycles. The van der Waals surface area contributed by atoms with E-state index in [4.69, 9.17) is 0 Å². The van der Waals surface area contributed by atoms with Crippen LogP contribution in [0.25, 0.3) is 0 Å². The third-order valence-electron chi connectivity index (χ3n) is 4.07. The first-order chi connectivity index (χ1) is 10.6. The van der Waals surface area contributed by atoms with Gasteiger partial charge in [0, 0.05) is 25.2 Å². The Morgan fingerprint density at radius 1 is 1.41 bits per heavy atom. The molecule has 2 N–H and O–H groups in total. The SMILES string of the molecule is CC1CC(Nc2nc[nH]c(=O)c2I)CN1Cc1ccccc1. The molecule has 2 atom stereocenters. The summed E-state index contributed by atoms with van der Waals surface area (Å²) in [5.74, 6) is 0.683. The van der Waals surface area contributed by atoms with Crippen molar-refractivity contribution in [3.8, 4) is 0 Å². The van der Waals surface area contributed by atoms with Crippen molar-refractivity contribution in [3.63, 3.8) is 0 Å². The molecule has 1 aromatic heterocycles. The van der Waals surface area contributed by atoms with E-state index in [-0.39, 0.29) is 5.56 Å². The molecule has 0 amide bonds. The molecule has 0 radical (unpaired) electrons. The van der Waals surface area contributed by atoms with Gasteiger partial charge in [-0.25, -0.2) is 4.98 Å². The summed E-state index contributed by atoms with van der Waals surface area (Å²) in [4.78, 5) is 20.9. The quantitative estimate of drug-likeness (QED) is 0.761. The Hall–Kier alpha value is -1.41. The van der Waals surface area contributed by atoms with Crippen molar-refractivity contribution in [2.45, 2.75) is 32.0 Å². The molecule has 1 fully saturated rings. The van der Waals surface area contributed by atoms with Crippen molar-refractivity contribution >= 4 is 28.4 Å². The maximum atomic E-state index is 11.6. The number of halogens is 1. The zero-order valence-corrected chi connectivity index (χ0v) is 14.6. The van der Waals surface area contributed by atoms with E-state index in [1.165, 1.54) is 11.9 Å². The van der Waals surface area contributed by atoms with Gasteiger partial charge < -0.3 is 10.3 Å². The fraction of sp³-hybridized carbons (Fsp3) is 0.375. The standard InChI is InChI=1S/C16H19IN4O/c1-11-7-13(20-15-14(17)16(22)19-10-18-15)9-21(11)8-12-5-3-2-4-6-12/h2-6,10-11,13H,7-9H2,1H3,(H2,18,19,20,22). The summed E-state index contributed by atoms with van der Waals surface area (Å²) >= 11 is 2.04. The number of rotatable bonds is 4. The van der Waals surface area contributed by atoms with Gasteiger partial charge in [0.25, 0.3) is 5.56 Å². The van der Waals surface area contributed by atoms with Gasteiger partial charge in [-0.3, -0.25) is 9.69 Å². The molecule has 2 heterocycles. The van der Waals surface area contributed by atoms with Crippen molar-refractivity contribution in [3.05, 3.63) is 56.1 Å². The molecule has 0 saturated carbocycles. The molecule has 3 rings (SSSR count). The number of anilines is 1. The number of H-pyrrole nitrogens is 1. The Morgan fingerprint density at radius 2 is 2.18 bits per heavy atom. The largest absolute Gasteiger partial charge is 0.365 e. The Morgan fingerprint density at radius 3 is 2.95 bits per heavy atom. The van der Waals surface area contributed by atoms with Crippen molar-refractivity contribution in [2.24, 2.45) is 0 Å². The van der Waals surface area contributed by atoms with E-state index in [2.05, 4.69) is 51.4 Å². The highest BCUT2D eigenvalue weighted by Gasteiger charge is 2.29. The number of nitrogens with one attached hydrogen (secondary N) is 2. The third-order valence-corrected chi connectivity index (χ3v) is 5.07. The first kappa shape index (κ1) is 15.5. The van der Waals surface area contributed by atoms with E-state index < -0.39 is 0 Å². The third kappa shape index (κ3) is 3.49. The first-order valence-corrected chi connectivity index (χ1v) is 8.49. The van der Waals surface area contributed by atoms with Crippen LogP contribution in [-0.4, -0.2) is 33.5 Å². The van der Waals surface area contributed by atoms with Gasteiger partial charge in [0.2, 0.25) is 0 Å². The average Bonchev–Trinajstić information content (AvgIpc) is 2.85. The second kappa shape index (κ2) is 6.78. The van der Waals surface area contributed by atoms with E-state index in [1.54, 1.807) is 0 Å². The molecule has 1 saturated heterocycles. The molecular formula is C16H19IN4O.